The zero-order chi connectivity index (χ0) is 18.3. The van der Waals surface area contributed by atoms with Crippen LogP contribution in [0.3, 0.4) is 0 Å². The quantitative estimate of drug-likeness (QED) is 0.769. The number of benzene rings is 1. The van der Waals surface area contributed by atoms with Gasteiger partial charge in [0.15, 0.2) is 0 Å². The number of anilines is 2. The van der Waals surface area contributed by atoms with Gasteiger partial charge in [-0.3, -0.25) is 9.69 Å². The highest BCUT2D eigenvalue weighted by atomic mass is 16.3. The Bertz CT molecular complexity index is 845. The second-order valence-corrected chi connectivity index (χ2v) is 7.12. The fourth-order valence-corrected chi connectivity index (χ4v) is 4.09. The molecule has 138 valence electrons. The van der Waals surface area contributed by atoms with Crippen molar-refractivity contribution in [1.82, 2.24) is 14.7 Å². The van der Waals surface area contributed by atoms with E-state index in [2.05, 4.69) is 28.3 Å². The molecule has 2 aliphatic heterocycles. The number of hydrogen-bond acceptors (Lipinski definition) is 6. The maximum atomic E-state index is 13.3. The van der Waals surface area contributed by atoms with Crippen LogP contribution in [0.25, 0.3) is 0 Å². The molecule has 0 unspecified atom stereocenters. The number of fused-ring (bicyclic) bond motifs is 2. The molecule has 7 heteroatoms. The van der Waals surface area contributed by atoms with Gasteiger partial charge in [0.25, 0.3) is 5.91 Å². The van der Waals surface area contributed by atoms with E-state index in [0.29, 0.717) is 18.9 Å². The molecule has 3 heterocycles. The summed E-state index contributed by atoms with van der Waals surface area (Å²) in [6, 6.07) is 6.06. The van der Waals surface area contributed by atoms with E-state index in [1.807, 2.05) is 12.1 Å². The maximum absolute atomic E-state index is 13.3. The number of aliphatic hydroxyl groups is 1. The van der Waals surface area contributed by atoms with Gasteiger partial charge in [0, 0.05) is 37.4 Å². The predicted molar refractivity (Wildman–Crippen MR) is 100 cm³/mol. The molecule has 7 nitrogen and oxygen atoms in total. The molecule has 4 rings (SSSR count). The predicted octanol–water partition coefficient (Wildman–Crippen LogP) is 1.36. The van der Waals surface area contributed by atoms with Crippen molar-refractivity contribution < 1.29 is 9.90 Å². The molecular weight excluding hydrogens is 330 g/mol. The highest BCUT2D eigenvalue weighted by Crippen LogP contribution is 2.36. The number of aliphatic hydroxyl groups excluding tert-OH is 1. The van der Waals surface area contributed by atoms with E-state index >= 15 is 0 Å². The zero-order valence-electron chi connectivity index (χ0n) is 15.0. The number of aryl methyl sites for hydroxylation is 1. The standard InChI is InChI=1S/C19H25N5O2/c1-12-3-2-4-13-14(5-7-21-17(12)13)19(26)24-18(20)15-6-8-23(9-10-25)11-16(15)22-24/h2-4,14,21,25H,5-11,20H2,1H3/t14-/m1/s1. The van der Waals surface area contributed by atoms with E-state index in [9.17, 15) is 4.79 Å². The molecule has 0 saturated carbocycles. The molecule has 0 aliphatic carbocycles. The number of β-amino-alcohol motifs (C(OH)–C–C–N with tert-alkyl or cyclic N) is 1. The second kappa shape index (κ2) is 6.74. The van der Waals surface area contributed by atoms with Crippen LogP contribution in [-0.2, 0) is 13.0 Å². The number of nitrogens with zero attached hydrogens (tertiary/aromatic N) is 3. The Hall–Kier alpha value is -2.38. The Morgan fingerprint density at radius 2 is 2.31 bits per heavy atom. The number of rotatable bonds is 3. The smallest absolute Gasteiger partial charge is 0.256 e. The molecule has 26 heavy (non-hydrogen) atoms. The van der Waals surface area contributed by atoms with E-state index in [0.717, 1.165) is 54.0 Å². The van der Waals surface area contributed by atoms with Crippen molar-refractivity contribution in [2.75, 3.05) is 37.3 Å². The van der Waals surface area contributed by atoms with E-state index in [-0.39, 0.29) is 18.4 Å². The summed E-state index contributed by atoms with van der Waals surface area (Å²) in [5.41, 5.74) is 11.4. The minimum atomic E-state index is -0.233. The largest absolute Gasteiger partial charge is 0.395 e. The molecule has 4 N–H and O–H groups in total. The summed E-state index contributed by atoms with van der Waals surface area (Å²) >= 11 is 0. The fourth-order valence-electron chi connectivity index (χ4n) is 4.09. The summed E-state index contributed by atoms with van der Waals surface area (Å²) < 4.78 is 1.41. The number of hydrogen-bond donors (Lipinski definition) is 3. The number of nitrogens with one attached hydrogen (secondary N) is 1. The molecule has 1 aromatic carbocycles. The molecular formula is C19H25N5O2. The van der Waals surface area contributed by atoms with Gasteiger partial charge in [-0.15, -0.1) is 0 Å². The maximum Gasteiger partial charge on any atom is 0.256 e. The molecule has 0 spiro atoms. The summed E-state index contributed by atoms with van der Waals surface area (Å²) in [6.45, 7) is 5.00. The Kier molecular flexibility index (Phi) is 4.42. The minimum Gasteiger partial charge on any atom is -0.395 e. The van der Waals surface area contributed by atoms with Crippen molar-refractivity contribution in [1.29, 1.82) is 0 Å². The summed E-state index contributed by atoms with van der Waals surface area (Å²) in [6.07, 6.45) is 1.49. The zero-order valence-corrected chi connectivity index (χ0v) is 15.0. The lowest BCUT2D eigenvalue weighted by atomic mass is 9.88. The van der Waals surface area contributed by atoms with Gasteiger partial charge in [0.1, 0.15) is 5.82 Å². The first-order chi connectivity index (χ1) is 12.6. The first-order valence-electron chi connectivity index (χ1n) is 9.17. The van der Waals surface area contributed by atoms with Gasteiger partial charge in [-0.2, -0.15) is 9.78 Å². The van der Waals surface area contributed by atoms with Gasteiger partial charge in [0.2, 0.25) is 0 Å². The number of nitrogen functional groups attached to an aromatic ring is 1. The van der Waals surface area contributed by atoms with Gasteiger partial charge < -0.3 is 16.2 Å². The third-order valence-electron chi connectivity index (χ3n) is 5.50. The molecule has 0 radical (unpaired) electrons. The first-order valence-corrected chi connectivity index (χ1v) is 9.17. The summed E-state index contributed by atoms with van der Waals surface area (Å²) in [5.74, 6) is 0.184. The average molecular weight is 355 g/mol. The summed E-state index contributed by atoms with van der Waals surface area (Å²) in [7, 11) is 0. The normalized spacial score (nSPS) is 19.5. The summed E-state index contributed by atoms with van der Waals surface area (Å²) in [4.78, 5) is 15.4. The van der Waals surface area contributed by atoms with Crippen molar-refractivity contribution >= 4 is 17.4 Å². The number of carbonyl (C=O) groups excluding carboxylic acids is 1. The molecule has 1 aromatic heterocycles. The van der Waals surface area contributed by atoms with E-state index < -0.39 is 0 Å². The molecule has 0 fully saturated rings. The topological polar surface area (TPSA) is 96.4 Å². The SMILES string of the molecule is Cc1cccc2c1NCC[C@H]2C(=O)n1nc2c(c1N)CCN(CCO)C2. The third kappa shape index (κ3) is 2.77. The lowest BCUT2D eigenvalue weighted by Crippen LogP contribution is -2.32. The van der Waals surface area contributed by atoms with Crippen LogP contribution >= 0.6 is 0 Å². The second-order valence-electron chi connectivity index (χ2n) is 7.12. The summed E-state index contributed by atoms with van der Waals surface area (Å²) in [5, 5.41) is 17.1. The highest BCUT2D eigenvalue weighted by Gasteiger charge is 2.32. The first kappa shape index (κ1) is 17.1. The molecule has 0 saturated heterocycles. The lowest BCUT2D eigenvalue weighted by molar-refractivity contribution is 0.0858. The highest BCUT2D eigenvalue weighted by molar-refractivity contribution is 5.90. The Labute approximate surface area is 152 Å². The Morgan fingerprint density at radius 3 is 3.12 bits per heavy atom. The molecule has 2 aromatic rings. The molecule has 2 aliphatic rings. The van der Waals surface area contributed by atoms with E-state index in [4.69, 9.17) is 10.8 Å². The number of para-hydroxylation sites is 1. The van der Waals surface area contributed by atoms with Gasteiger partial charge in [-0.05, 0) is 30.9 Å². The van der Waals surface area contributed by atoms with Crippen molar-refractivity contribution in [2.24, 2.45) is 0 Å². The van der Waals surface area contributed by atoms with Crippen LogP contribution in [0.2, 0.25) is 0 Å². The van der Waals surface area contributed by atoms with Crippen LogP contribution in [0.1, 0.15) is 39.5 Å². The monoisotopic (exact) mass is 355 g/mol. The van der Waals surface area contributed by atoms with Crippen molar-refractivity contribution in [3.8, 4) is 0 Å². The molecule has 1 atom stereocenters. The van der Waals surface area contributed by atoms with Crippen molar-refractivity contribution in [3.05, 3.63) is 40.6 Å². The van der Waals surface area contributed by atoms with Crippen LogP contribution in [0.5, 0.6) is 0 Å². The van der Waals surface area contributed by atoms with Crippen LogP contribution in [0.4, 0.5) is 11.5 Å². The van der Waals surface area contributed by atoms with Crippen LogP contribution < -0.4 is 11.1 Å². The van der Waals surface area contributed by atoms with Crippen LogP contribution in [-0.4, -0.2) is 51.9 Å². The van der Waals surface area contributed by atoms with Crippen LogP contribution in [0.15, 0.2) is 18.2 Å². The van der Waals surface area contributed by atoms with Gasteiger partial charge in [0.05, 0.1) is 18.2 Å². The average Bonchev–Trinajstić information content (AvgIpc) is 2.97. The Balaban J connectivity index is 1.66. The van der Waals surface area contributed by atoms with E-state index in [1.54, 1.807) is 0 Å². The number of nitrogens with two attached hydrogens (primary N) is 1. The minimum absolute atomic E-state index is 0.0565. The lowest BCUT2D eigenvalue weighted by Gasteiger charge is -2.27. The van der Waals surface area contributed by atoms with Gasteiger partial charge in [-0.1, -0.05) is 18.2 Å². The molecule has 0 bridgehead atoms. The van der Waals surface area contributed by atoms with Crippen molar-refractivity contribution in [3.63, 3.8) is 0 Å². The fraction of sp³-hybridized carbons (Fsp3) is 0.474. The van der Waals surface area contributed by atoms with E-state index in [1.165, 1.54) is 4.68 Å². The molecule has 0 amide bonds. The number of aromatic nitrogens is 2. The Morgan fingerprint density at radius 1 is 1.46 bits per heavy atom. The van der Waals surface area contributed by atoms with Crippen LogP contribution in [0, 0.1) is 6.92 Å². The van der Waals surface area contributed by atoms with Gasteiger partial charge in [-0.25, -0.2) is 0 Å². The number of carbonyl (C=O) groups is 1. The third-order valence-corrected chi connectivity index (χ3v) is 5.50. The van der Waals surface area contributed by atoms with Gasteiger partial charge >= 0.3 is 0 Å². The van der Waals surface area contributed by atoms with Crippen molar-refractivity contribution in [2.45, 2.75) is 32.2 Å².